The summed E-state index contributed by atoms with van der Waals surface area (Å²) in [5.74, 6) is -2.97. The van der Waals surface area contributed by atoms with Crippen LogP contribution in [0.3, 0.4) is 0 Å². The Hall–Kier alpha value is -1.13. The number of carbonyl (C=O) groups excluding carboxylic acids is 1. The molecule has 0 aromatic rings. The van der Waals surface area contributed by atoms with Crippen LogP contribution >= 0.6 is 0 Å². The lowest BCUT2D eigenvalue weighted by atomic mass is 9.51. The molecule has 188 valence electrons. The topological polar surface area (TPSA) is 137 Å². The maximum Gasteiger partial charge on any atom is 0.203 e. The number of Topliss-reactive ketones (excluding diaryl/α,β-unsaturated/α-hetero) is 1. The van der Waals surface area contributed by atoms with E-state index in [1.54, 1.807) is 6.92 Å². The van der Waals surface area contributed by atoms with Gasteiger partial charge in [-0.3, -0.25) is 4.79 Å². The fourth-order valence-corrected chi connectivity index (χ4v) is 8.39. The van der Waals surface area contributed by atoms with Crippen LogP contribution in [-0.2, 0) is 14.3 Å². The molecule has 0 amide bonds. The van der Waals surface area contributed by atoms with Crippen molar-refractivity contribution in [3.05, 3.63) is 22.8 Å². The molecule has 4 aliphatic carbocycles. The van der Waals surface area contributed by atoms with Gasteiger partial charge in [0.1, 0.15) is 12.2 Å². The standard InChI is InChI=1S/C26H36O8/c1-11-10-33-26(24(32)21(11)30)17(9-27)20-15-5-6-16-14(19(15)22(31)23(20)34-26)4-3-12-7-13(28)8-18(29)25(12,16)2/h3,11,13-14,16-18,20-21,23-24,27-30,32H,4-10H2,1-2H3/t11-,13+,14+,16+,17-,18+,20-,21+,23+,24-,25-,26-/m0/s1. The number of fused-ring (bicyclic) bond motifs is 6. The summed E-state index contributed by atoms with van der Waals surface area (Å²) < 4.78 is 12.2. The Bertz CT molecular complexity index is 958. The van der Waals surface area contributed by atoms with E-state index in [2.05, 4.69) is 13.0 Å². The minimum atomic E-state index is -1.59. The third-order valence-electron chi connectivity index (χ3n) is 10.3. The molecule has 1 spiro atoms. The lowest BCUT2D eigenvalue weighted by Gasteiger charge is -2.54. The van der Waals surface area contributed by atoms with Gasteiger partial charge in [-0.15, -0.1) is 0 Å². The van der Waals surface area contributed by atoms with E-state index < -0.39 is 47.6 Å². The molecule has 2 saturated heterocycles. The number of ether oxygens (including phenoxy) is 2. The summed E-state index contributed by atoms with van der Waals surface area (Å²) in [6.07, 6.45) is 0.714. The molecular formula is C26H36O8. The summed E-state index contributed by atoms with van der Waals surface area (Å²) in [7, 11) is 0. The normalized spacial score (nSPS) is 54.4. The van der Waals surface area contributed by atoms with Crippen molar-refractivity contribution in [1.29, 1.82) is 0 Å². The van der Waals surface area contributed by atoms with Crippen molar-refractivity contribution in [2.45, 2.75) is 82.3 Å². The molecule has 12 atom stereocenters. The summed E-state index contributed by atoms with van der Waals surface area (Å²) in [5, 5.41) is 53.1. The van der Waals surface area contributed by atoms with Crippen molar-refractivity contribution < 1.29 is 39.8 Å². The van der Waals surface area contributed by atoms with Crippen LogP contribution in [-0.4, -0.2) is 80.8 Å². The number of hydrogen-bond acceptors (Lipinski definition) is 8. The molecule has 6 aliphatic rings. The number of rotatable bonds is 1. The van der Waals surface area contributed by atoms with Crippen LogP contribution in [0.4, 0.5) is 0 Å². The average molecular weight is 477 g/mol. The number of allylic oxidation sites excluding steroid dienone is 1. The first kappa shape index (κ1) is 23.3. The number of carbonyl (C=O) groups is 1. The highest BCUT2D eigenvalue weighted by Crippen LogP contribution is 2.63. The van der Waals surface area contributed by atoms with Gasteiger partial charge in [0.05, 0.1) is 31.5 Å². The summed E-state index contributed by atoms with van der Waals surface area (Å²) in [5.41, 5.74) is 2.38. The largest absolute Gasteiger partial charge is 0.396 e. The van der Waals surface area contributed by atoms with Crippen LogP contribution in [0.15, 0.2) is 22.8 Å². The van der Waals surface area contributed by atoms with Crippen molar-refractivity contribution in [2.75, 3.05) is 13.2 Å². The second-order valence-electron chi connectivity index (χ2n) is 11.7. The quantitative estimate of drug-likeness (QED) is 0.344. The van der Waals surface area contributed by atoms with Crippen LogP contribution in [0.25, 0.3) is 0 Å². The van der Waals surface area contributed by atoms with Gasteiger partial charge in [-0.05, 0) is 37.5 Å². The van der Waals surface area contributed by atoms with Crippen molar-refractivity contribution in [2.24, 2.45) is 35.0 Å². The zero-order valence-electron chi connectivity index (χ0n) is 19.8. The second-order valence-corrected chi connectivity index (χ2v) is 11.7. The molecule has 5 N–H and O–H groups in total. The summed E-state index contributed by atoms with van der Waals surface area (Å²) in [6.45, 7) is 3.71. The van der Waals surface area contributed by atoms with Gasteiger partial charge in [0.25, 0.3) is 0 Å². The molecule has 0 unspecified atom stereocenters. The SMILES string of the molecule is C[C@H]1CO[C@@]2(O[C@H]3C(=O)C4=C(CC[C@@H]5[C@H]4CC=C4C[C@@H](O)C[C@@H](O)[C@@]45C)[C@H]3[C@@H]2CO)[C@@H](O)[C@@H]1O. The lowest BCUT2D eigenvalue weighted by molar-refractivity contribution is -0.337. The minimum Gasteiger partial charge on any atom is -0.396 e. The van der Waals surface area contributed by atoms with Crippen LogP contribution in [0.5, 0.6) is 0 Å². The number of ketones is 1. The van der Waals surface area contributed by atoms with Crippen molar-refractivity contribution >= 4 is 5.78 Å². The highest BCUT2D eigenvalue weighted by Gasteiger charge is 2.69. The first-order chi connectivity index (χ1) is 16.1. The molecule has 8 heteroatoms. The Morgan fingerprint density at radius 3 is 2.71 bits per heavy atom. The maximum absolute atomic E-state index is 13.8. The summed E-state index contributed by atoms with van der Waals surface area (Å²) in [4.78, 5) is 13.8. The Morgan fingerprint density at radius 1 is 1.21 bits per heavy atom. The smallest absolute Gasteiger partial charge is 0.203 e. The number of aliphatic hydroxyl groups is 5. The van der Waals surface area contributed by atoms with Gasteiger partial charge < -0.3 is 35.0 Å². The molecule has 0 aromatic heterocycles. The van der Waals surface area contributed by atoms with E-state index in [9.17, 15) is 30.3 Å². The molecule has 0 radical (unpaired) electrons. The van der Waals surface area contributed by atoms with Crippen LogP contribution in [0, 0.1) is 35.0 Å². The minimum absolute atomic E-state index is 0.0396. The Balaban J connectivity index is 1.38. The molecule has 2 heterocycles. The van der Waals surface area contributed by atoms with Crippen molar-refractivity contribution in [3.63, 3.8) is 0 Å². The van der Waals surface area contributed by atoms with Gasteiger partial charge >= 0.3 is 0 Å². The van der Waals surface area contributed by atoms with Gasteiger partial charge in [-0.25, -0.2) is 0 Å². The number of hydrogen-bond donors (Lipinski definition) is 5. The third-order valence-corrected chi connectivity index (χ3v) is 10.3. The van der Waals surface area contributed by atoms with Crippen molar-refractivity contribution in [1.82, 2.24) is 0 Å². The molecule has 6 rings (SSSR count). The van der Waals surface area contributed by atoms with E-state index in [4.69, 9.17) is 9.47 Å². The molecule has 3 fully saturated rings. The third kappa shape index (κ3) is 2.76. The predicted molar refractivity (Wildman–Crippen MR) is 119 cm³/mol. The fourth-order valence-electron chi connectivity index (χ4n) is 8.39. The van der Waals surface area contributed by atoms with E-state index >= 15 is 0 Å². The van der Waals surface area contributed by atoms with E-state index in [0.29, 0.717) is 25.7 Å². The molecular weight excluding hydrogens is 440 g/mol. The lowest BCUT2D eigenvalue weighted by Crippen LogP contribution is -2.62. The van der Waals surface area contributed by atoms with Gasteiger partial charge in [0.15, 0.2) is 5.78 Å². The average Bonchev–Trinajstić information content (AvgIpc) is 3.28. The molecule has 0 aromatic carbocycles. The Labute approximate surface area is 199 Å². The monoisotopic (exact) mass is 476 g/mol. The first-order valence-corrected chi connectivity index (χ1v) is 12.8. The zero-order valence-corrected chi connectivity index (χ0v) is 19.8. The van der Waals surface area contributed by atoms with E-state index in [-0.39, 0.29) is 42.7 Å². The summed E-state index contributed by atoms with van der Waals surface area (Å²) in [6, 6.07) is 0. The van der Waals surface area contributed by atoms with Gasteiger partial charge in [0.2, 0.25) is 5.79 Å². The van der Waals surface area contributed by atoms with Crippen molar-refractivity contribution in [3.8, 4) is 0 Å². The fraction of sp³-hybridized carbons (Fsp3) is 0.808. The molecule has 2 aliphatic heterocycles. The second kappa shape index (κ2) is 7.68. The maximum atomic E-state index is 13.8. The highest BCUT2D eigenvalue weighted by atomic mass is 16.7. The van der Waals surface area contributed by atoms with E-state index in [0.717, 1.165) is 23.1 Å². The molecule has 1 saturated carbocycles. The van der Waals surface area contributed by atoms with E-state index in [1.807, 2.05) is 0 Å². The first-order valence-electron chi connectivity index (χ1n) is 12.8. The Morgan fingerprint density at radius 2 is 1.97 bits per heavy atom. The van der Waals surface area contributed by atoms with Crippen LogP contribution < -0.4 is 0 Å². The summed E-state index contributed by atoms with van der Waals surface area (Å²) >= 11 is 0. The highest BCUT2D eigenvalue weighted by molar-refractivity contribution is 6.04. The van der Waals surface area contributed by atoms with Gasteiger partial charge in [0, 0.05) is 35.2 Å². The number of aliphatic hydroxyl groups excluding tert-OH is 5. The molecule has 8 nitrogen and oxygen atoms in total. The van der Waals surface area contributed by atoms with Crippen LogP contribution in [0.1, 0.15) is 46.0 Å². The van der Waals surface area contributed by atoms with Gasteiger partial charge in [-0.1, -0.05) is 31.1 Å². The van der Waals surface area contributed by atoms with Crippen LogP contribution in [0.2, 0.25) is 0 Å². The van der Waals surface area contributed by atoms with E-state index in [1.165, 1.54) is 0 Å². The Kier molecular flexibility index (Phi) is 5.26. The molecule has 34 heavy (non-hydrogen) atoms. The van der Waals surface area contributed by atoms with Gasteiger partial charge in [-0.2, -0.15) is 0 Å². The zero-order chi connectivity index (χ0) is 24.2. The predicted octanol–water partition coefficient (Wildman–Crippen LogP) is 0.452. The molecule has 0 bridgehead atoms.